The zero-order valence-corrected chi connectivity index (χ0v) is 18.1. The molecule has 0 fully saturated rings. The van der Waals surface area contributed by atoms with Crippen LogP contribution in [0.25, 0.3) is 0 Å². The Labute approximate surface area is 193 Å². The molecule has 6 nitrogen and oxygen atoms in total. The van der Waals surface area contributed by atoms with Crippen molar-refractivity contribution < 1.29 is 37.3 Å². The maximum atomic E-state index is 13.3. The number of carbonyl (C=O) groups is 2. The largest absolute Gasteiger partial charge is 0.497 e. The molecule has 0 unspecified atom stereocenters. The summed E-state index contributed by atoms with van der Waals surface area (Å²) in [5.74, 6) is -1.50. The molecular weight excluding hydrogens is 451 g/mol. The van der Waals surface area contributed by atoms with Gasteiger partial charge in [-0.3, -0.25) is 9.59 Å². The van der Waals surface area contributed by atoms with Crippen LogP contribution in [0.3, 0.4) is 0 Å². The molecule has 0 aromatic heterocycles. The van der Waals surface area contributed by atoms with Gasteiger partial charge in [0.1, 0.15) is 11.5 Å². The molecule has 178 valence electrons. The summed E-state index contributed by atoms with van der Waals surface area (Å²) < 4.78 is 50.6. The van der Waals surface area contributed by atoms with Crippen LogP contribution >= 0.6 is 0 Å². The van der Waals surface area contributed by atoms with Gasteiger partial charge in [0.05, 0.1) is 24.8 Å². The molecule has 0 bridgehead atoms. The number of carbonyl (C=O) groups excluding carboxylic acids is 1. The molecule has 0 heterocycles. The van der Waals surface area contributed by atoms with Gasteiger partial charge in [-0.25, -0.2) is 0 Å². The Hall–Kier alpha value is -4.01. The maximum Gasteiger partial charge on any atom is 0.416 e. The van der Waals surface area contributed by atoms with Gasteiger partial charge in [0.25, 0.3) is 0 Å². The van der Waals surface area contributed by atoms with Crippen LogP contribution in [0, 0.1) is 0 Å². The summed E-state index contributed by atoms with van der Waals surface area (Å²) in [5.41, 5.74) is -0.508. The summed E-state index contributed by atoms with van der Waals surface area (Å²) >= 11 is 0. The van der Waals surface area contributed by atoms with E-state index >= 15 is 0 Å². The lowest BCUT2D eigenvalue weighted by molar-refractivity contribution is -0.138. The van der Waals surface area contributed by atoms with Crippen molar-refractivity contribution in [3.8, 4) is 17.2 Å². The summed E-state index contributed by atoms with van der Waals surface area (Å²) in [6.45, 7) is 0. The molecule has 9 heteroatoms. The molecule has 0 aliphatic heterocycles. The number of nitrogens with one attached hydrogen (secondary N) is 1. The fraction of sp³-hybridized carbons (Fsp3) is 0.200. The van der Waals surface area contributed by atoms with Crippen molar-refractivity contribution in [2.45, 2.75) is 24.9 Å². The van der Waals surface area contributed by atoms with Crippen molar-refractivity contribution in [3.05, 3.63) is 83.9 Å². The van der Waals surface area contributed by atoms with Gasteiger partial charge in [0.15, 0.2) is 5.75 Å². The number of hydrogen-bond acceptors (Lipinski definition) is 4. The molecule has 3 aromatic rings. The predicted molar refractivity (Wildman–Crippen MR) is 119 cm³/mol. The number of methoxy groups -OCH3 is 1. The molecule has 0 aliphatic carbocycles. The first-order chi connectivity index (χ1) is 16.2. The van der Waals surface area contributed by atoms with Crippen molar-refractivity contribution in [2.75, 3.05) is 12.4 Å². The molecule has 2 N–H and O–H groups in total. The minimum Gasteiger partial charge on any atom is -0.497 e. The van der Waals surface area contributed by atoms with Crippen molar-refractivity contribution in [2.24, 2.45) is 0 Å². The van der Waals surface area contributed by atoms with Gasteiger partial charge < -0.3 is 19.9 Å². The second-order valence-electron chi connectivity index (χ2n) is 7.44. The molecule has 0 saturated heterocycles. The van der Waals surface area contributed by atoms with Crippen molar-refractivity contribution in [1.82, 2.24) is 0 Å². The highest BCUT2D eigenvalue weighted by atomic mass is 19.4. The Morgan fingerprint density at radius 1 is 0.941 bits per heavy atom. The van der Waals surface area contributed by atoms with Gasteiger partial charge in [-0.2, -0.15) is 13.2 Å². The fourth-order valence-electron chi connectivity index (χ4n) is 3.33. The highest BCUT2D eigenvalue weighted by molar-refractivity contribution is 5.93. The third kappa shape index (κ3) is 6.74. The van der Waals surface area contributed by atoms with Crippen LogP contribution in [0.4, 0.5) is 18.9 Å². The zero-order chi connectivity index (χ0) is 24.7. The number of carboxylic acid groups (broad SMARTS) is 1. The monoisotopic (exact) mass is 473 g/mol. The van der Waals surface area contributed by atoms with Crippen LogP contribution in [0.1, 0.15) is 29.9 Å². The Morgan fingerprint density at radius 2 is 1.59 bits per heavy atom. The minimum atomic E-state index is -4.63. The summed E-state index contributed by atoms with van der Waals surface area (Å²) in [5, 5.41) is 11.7. The topological polar surface area (TPSA) is 84.9 Å². The van der Waals surface area contributed by atoms with Crippen molar-refractivity contribution >= 4 is 17.6 Å². The van der Waals surface area contributed by atoms with E-state index in [9.17, 15) is 27.9 Å². The van der Waals surface area contributed by atoms with Gasteiger partial charge in [0, 0.05) is 12.3 Å². The third-order valence-electron chi connectivity index (χ3n) is 4.99. The van der Waals surface area contributed by atoms with E-state index < -0.39 is 29.5 Å². The van der Waals surface area contributed by atoms with E-state index in [4.69, 9.17) is 9.47 Å². The van der Waals surface area contributed by atoms with E-state index in [1.807, 2.05) is 0 Å². The Kier molecular flexibility index (Phi) is 7.78. The quantitative estimate of drug-likeness (QED) is 0.393. The average Bonchev–Trinajstić information content (AvgIpc) is 2.80. The number of halogens is 3. The van der Waals surface area contributed by atoms with Crippen LogP contribution in [-0.4, -0.2) is 24.1 Å². The van der Waals surface area contributed by atoms with Crippen LogP contribution in [0.15, 0.2) is 72.8 Å². The van der Waals surface area contributed by atoms with Crippen LogP contribution in [0.5, 0.6) is 17.2 Å². The number of benzene rings is 3. The van der Waals surface area contributed by atoms with Gasteiger partial charge in [-0.1, -0.05) is 30.3 Å². The Morgan fingerprint density at radius 3 is 2.18 bits per heavy atom. The number of rotatable bonds is 9. The lowest BCUT2D eigenvalue weighted by atomic mass is 9.92. The van der Waals surface area contributed by atoms with Crippen molar-refractivity contribution in [1.29, 1.82) is 0 Å². The number of carboxylic acids is 1. The highest BCUT2D eigenvalue weighted by Crippen LogP contribution is 2.37. The van der Waals surface area contributed by atoms with Crippen LogP contribution < -0.4 is 14.8 Å². The number of aliphatic carboxylic acids is 1. The molecule has 34 heavy (non-hydrogen) atoms. The van der Waals surface area contributed by atoms with Crippen molar-refractivity contribution in [3.63, 3.8) is 0 Å². The second-order valence-corrected chi connectivity index (χ2v) is 7.44. The van der Waals surface area contributed by atoms with E-state index in [-0.39, 0.29) is 24.3 Å². The Balaban J connectivity index is 1.86. The van der Waals surface area contributed by atoms with E-state index in [1.165, 1.54) is 7.11 Å². The van der Waals surface area contributed by atoms with E-state index in [2.05, 4.69) is 5.32 Å². The summed E-state index contributed by atoms with van der Waals surface area (Å²) in [6, 6.07) is 17.7. The Bertz CT molecular complexity index is 1130. The van der Waals surface area contributed by atoms with Crippen LogP contribution in [0.2, 0.25) is 0 Å². The summed E-state index contributed by atoms with van der Waals surface area (Å²) in [6.07, 6.45) is -5.18. The molecule has 3 rings (SSSR count). The molecule has 0 saturated carbocycles. The first kappa shape index (κ1) is 24.6. The highest BCUT2D eigenvalue weighted by Gasteiger charge is 2.31. The fourth-order valence-corrected chi connectivity index (χ4v) is 3.33. The molecule has 0 aliphatic rings. The SMILES string of the molecule is COc1ccc(Oc2ccc(C(F)(F)F)cc2NC(=O)C[C@@H](CC(=O)O)c2ccccc2)cc1. The maximum absolute atomic E-state index is 13.3. The predicted octanol–water partition coefficient (Wildman–Crippen LogP) is 6.09. The third-order valence-corrected chi connectivity index (χ3v) is 4.99. The number of amides is 1. The smallest absolute Gasteiger partial charge is 0.416 e. The van der Waals surface area contributed by atoms with Gasteiger partial charge in [0.2, 0.25) is 5.91 Å². The molecule has 0 spiro atoms. The lowest BCUT2D eigenvalue weighted by Gasteiger charge is -2.18. The second kappa shape index (κ2) is 10.7. The van der Waals surface area contributed by atoms with E-state index in [0.29, 0.717) is 17.1 Å². The van der Waals surface area contributed by atoms with E-state index in [0.717, 1.165) is 18.2 Å². The lowest BCUT2D eigenvalue weighted by Crippen LogP contribution is -2.18. The zero-order valence-electron chi connectivity index (χ0n) is 18.1. The summed E-state index contributed by atoms with van der Waals surface area (Å²) in [7, 11) is 1.49. The number of hydrogen-bond donors (Lipinski definition) is 2. The number of ether oxygens (including phenoxy) is 2. The first-order valence-corrected chi connectivity index (χ1v) is 10.3. The average molecular weight is 473 g/mol. The van der Waals surface area contributed by atoms with Gasteiger partial charge >= 0.3 is 12.1 Å². The molecule has 3 aromatic carbocycles. The standard InChI is InChI=1S/C25H22F3NO5/c1-33-19-8-10-20(11-9-19)34-22-12-7-18(25(26,27)28)15-21(22)29-23(30)13-17(14-24(31)32)16-5-3-2-4-6-16/h2-12,15,17H,13-14H2,1H3,(H,29,30)(H,31,32)/t17-/m0/s1. The van der Waals surface area contributed by atoms with E-state index in [1.54, 1.807) is 54.6 Å². The van der Waals surface area contributed by atoms with Crippen LogP contribution in [-0.2, 0) is 15.8 Å². The van der Waals surface area contributed by atoms with Gasteiger partial charge in [-0.15, -0.1) is 0 Å². The normalized spacial score (nSPS) is 12.0. The first-order valence-electron chi connectivity index (χ1n) is 10.3. The van der Waals surface area contributed by atoms with Gasteiger partial charge in [-0.05, 0) is 48.0 Å². The minimum absolute atomic E-state index is 0.000938. The molecule has 1 atom stereocenters. The molecule has 0 radical (unpaired) electrons. The number of alkyl halides is 3. The summed E-state index contributed by atoms with van der Waals surface area (Å²) in [4.78, 5) is 24.1. The molecular formula is C25H22F3NO5. The number of anilines is 1. The molecule has 1 amide bonds.